The van der Waals surface area contributed by atoms with Gasteiger partial charge < -0.3 is 15.1 Å². The number of hydrogen-bond acceptors (Lipinski definition) is 3. The zero-order valence-electron chi connectivity index (χ0n) is 15.6. The molecular weight excluding hydrogens is 345 g/mol. The van der Waals surface area contributed by atoms with Crippen LogP contribution in [0.25, 0.3) is 0 Å². The maximum Gasteiger partial charge on any atom is 0.239 e. The summed E-state index contributed by atoms with van der Waals surface area (Å²) in [6, 6.07) is 15.5. The SMILES string of the molecule is CC(C)(C(=O)Nc1ccccc1)C(=O)N1CCN(c2ccc(F)cc2)CC1. The van der Waals surface area contributed by atoms with Crippen LogP contribution in [0.2, 0.25) is 0 Å². The van der Waals surface area contributed by atoms with Gasteiger partial charge in [0.15, 0.2) is 0 Å². The highest BCUT2D eigenvalue weighted by molar-refractivity contribution is 6.09. The first kappa shape index (κ1) is 18.9. The molecule has 1 N–H and O–H groups in total. The molecule has 0 atom stereocenters. The third-order valence-electron chi connectivity index (χ3n) is 4.89. The molecule has 2 aromatic rings. The molecule has 0 saturated carbocycles. The van der Waals surface area contributed by atoms with Gasteiger partial charge in [-0.1, -0.05) is 18.2 Å². The van der Waals surface area contributed by atoms with Gasteiger partial charge in [-0.05, 0) is 50.2 Å². The van der Waals surface area contributed by atoms with Crippen molar-refractivity contribution < 1.29 is 14.0 Å². The summed E-state index contributed by atoms with van der Waals surface area (Å²) in [6.07, 6.45) is 0. The molecule has 0 radical (unpaired) electrons. The van der Waals surface area contributed by atoms with Crippen molar-refractivity contribution in [2.45, 2.75) is 13.8 Å². The van der Waals surface area contributed by atoms with Crippen LogP contribution < -0.4 is 10.2 Å². The van der Waals surface area contributed by atoms with Crippen LogP contribution in [-0.4, -0.2) is 42.9 Å². The van der Waals surface area contributed by atoms with Gasteiger partial charge in [0.1, 0.15) is 11.2 Å². The minimum atomic E-state index is -1.16. The van der Waals surface area contributed by atoms with Crippen molar-refractivity contribution in [1.29, 1.82) is 0 Å². The molecule has 0 unspecified atom stereocenters. The molecule has 6 heteroatoms. The normalized spacial score (nSPS) is 14.8. The largest absolute Gasteiger partial charge is 0.368 e. The number of carbonyl (C=O) groups is 2. The fraction of sp³-hybridized carbons (Fsp3) is 0.333. The molecular formula is C21H24FN3O2. The van der Waals surface area contributed by atoms with Crippen molar-refractivity contribution in [2.75, 3.05) is 36.4 Å². The van der Waals surface area contributed by atoms with Gasteiger partial charge in [-0.3, -0.25) is 9.59 Å². The van der Waals surface area contributed by atoms with E-state index in [1.54, 1.807) is 43.0 Å². The Kier molecular flexibility index (Phi) is 5.44. The molecule has 1 heterocycles. The summed E-state index contributed by atoms with van der Waals surface area (Å²) in [5.74, 6) is -0.770. The van der Waals surface area contributed by atoms with E-state index in [-0.39, 0.29) is 17.6 Å². The number of hydrogen-bond donors (Lipinski definition) is 1. The molecule has 5 nitrogen and oxygen atoms in total. The molecule has 3 rings (SSSR count). The zero-order chi connectivity index (χ0) is 19.4. The molecule has 1 aliphatic rings. The van der Waals surface area contributed by atoms with Crippen LogP contribution in [-0.2, 0) is 9.59 Å². The first-order valence-corrected chi connectivity index (χ1v) is 9.04. The van der Waals surface area contributed by atoms with Crippen LogP contribution in [0.3, 0.4) is 0 Å². The van der Waals surface area contributed by atoms with E-state index >= 15 is 0 Å². The Balaban J connectivity index is 1.60. The number of halogens is 1. The molecule has 2 amide bonds. The smallest absolute Gasteiger partial charge is 0.239 e. The van der Waals surface area contributed by atoms with Gasteiger partial charge in [-0.2, -0.15) is 0 Å². The van der Waals surface area contributed by atoms with E-state index in [1.807, 2.05) is 18.2 Å². The van der Waals surface area contributed by atoms with E-state index in [9.17, 15) is 14.0 Å². The summed E-state index contributed by atoms with van der Waals surface area (Å²) < 4.78 is 13.1. The average Bonchev–Trinajstić information content (AvgIpc) is 2.69. The molecule has 0 spiro atoms. The molecule has 1 aliphatic heterocycles. The van der Waals surface area contributed by atoms with Crippen LogP contribution in [0, 0.1) is 11.2 Å². The number of anilines is 2. The summed E-state index contributed by atoms with van der Waals surface area (Å²) >= 11 is 0. The fourth-order valence-electron chi connectivity index (χ4n) is 3.12. The van der Waals surface area contributed by atoms with Gasteiger partial charge in [-0.15, -0.1) is 0 Å². The number of carbonyl (C=O) groups excluding carboxylic acids is 2. The standard InChI is InChI=1S/C21H24FN3O2/c1-21(2,19(26)23-17-6-4-3-5-7-17)20(27)25-14-12-24(13-15-25)18-10-8-16(22)9-11-18/h3-11H,12-15H2,1-2H3,(H,23,26). The van der Waals surface area contributed by atoms with E-state index in [2.05, 4.69) is 10.2 Å². The van der Waals surface area contributed by atoms with Crippen molar-refractivity contribution >= 4 is 23.2 Å². The van der Waals surface area contributed by atoms with Crippen molar-refractivity contribution in [3.63, 3.8) is 0 Å². The Morgan fingerprint density at radius 1 is 0.926 bits per heavy atom. The third kappa shape index (κ3) is 4.27. The lowest BCUT2D eigenvalue weighted by molar-refractivity contribution is -0.146. The second-order valence-electron chi connectivity index (χ2n) is 7.20. The topological polar surface area (TPSA) is 52.7 Å². The van der Waals surface area contributed by atoms with E-state index < -0.39 is 5.41 Å². The van der Waals surface area contributed by atoms with Crippen LogP contribution in [0.4, 0.5) is 15.8 Å². The minimum absolute atomic E-state index is 0.185. The van der Waals surface area contributed by atoms with Crippen LogP contribution in [0.15, 0.2) is 54.6 Å². The second-order valence-corrected chi connectivity index (χ2v) is 7.20. The lowest BCUT2D eigenvalue weighted by Crippen LogP contribution is -2.54. The molecule has 0 aliphatic carbocycles. The number of benzene rings is 2. The molecule has 0 aromatic heterocycles. The van der Waals surface area contributed by atoms with Crippen molar-refractivity contribution in [3.8, 4) is 0 Å². The summed E-state index contributed by atoms with van der Waals surface area (Å²) in [6.45, 7) is 5.65. The van der Waals surface area contributed by atoms with Gasteiger partial charge in [0, 0.05) is 37.6 Å². The molecule has 142 valence electrons. The predicted molar refractivity (Wildman–Crippen MR) is 104 cm³/mol. The summed E-state index contributed by atoms with van der Waals surface area (Å²) in [7, 11) is 0. The zero-order valence-corrected chi connectivity index (χ0v) is 15.6. The number of amides is 2. The quantitative estimate of drug-likeness (QED) is 0.843. The monoisotopic (exact) mass is 369 g/mol. The van der Waals surface area contributed by atoms with Gasteiger partial charge >= 0.3 is 0 Å². The average molecular weight is 369 g/mol. The highest BCUT2D eigenvalue weighted by atomic mass is 19.1. The summed E-state index contributed by atoms with van der Waals surface area (Å²) in [4.78, 5) is 29.4. The predicted octanol–water partition coefficient (Wildman–Crippen LogP) is 3.14. The van der Waals surface area contributed by atoms with E-state index in [1.165, 1.54) is 12.1 Å². The van der Waals surface area contributed by atoms with Gasteiger partial charge in [0.05, 0.1) is 0 Å². The maximum absolute atomic E-state index is 13.1. The van der Waals surface area contributed by atoms with Crippen molar-refractivity contribution in [3.05, 3.63) is 60.4 Å². The van der Waals surface area contributed by atoms with Gasteiger partial charge in [0.2, 0.25) is 11.8 Å². The number of nitrogens with one attached hydrogen (secondary N) is 1. The molecule has 0 bridgehead atoms. The Morgan fingerprint density at radius 2 is 1.52 bits per heavy atom. The summed E-state index contributed by atoms with van der Waals surface area (Å²) in [5.41, 5.74) is 0.447. The van der Waals surface area contributed by atoms with Crippen LogP contribution in [0.5, 0.6) is 0 Å². The van der Waals surface area contributed by atoms with Crippen molar-refractivity contribution in [2.24, 2.45) is 5.41 Å². The molecule has 27 heavy (non-hydrogen) atoms. The highest BCUT2D eigenvalue weighted by Gasteiger charge is 2.40. The molecule has 2 aromatic carbocycles. The Morgan fingerprint density at radius 3 is 2.11 bits per heavy atom. The minimum Gasteiger partial charge on any atom is -0.368 e. The lowest BCUT2D eigenvalue weighted by Gasteiger charge is -2.39. The van der Waals surface area contributed by atoms with E-state index in [4.69, 9.17) is 0 Å². The second kappa shape index (κ2) is 7.78. The Hall–Kier alpha value is -2.89. The molecule has 1 fully saturated rings. The van der Waals surface area contributed by atoms with Crippen LogP contribution >= 0.6 is 0 Å². The molecule has 1 saturated heterocycles. The number of nitrogens with zero attached hydrogens (tertiary/aromatic N) is 2. The Labute approximate surface area is 158 Å². The van der Waals surface area contributed by atoms with E-state index in [0.717, 1.165) is 5.69 Å². The van der Waals surface area contributed by atoms with Gasteiger partial charge in [-0.25, -0.2) is 4.39 Å². The number of rotatable bonds is 4. The van der Waals surface area contributed by atoms with Crippen molar-refractivity contribution in [1.82, 2.24) is 4.90 Å². The first-order chi connectivity index (χ1) is 12.9. The maximum atomic E-state index is 13.1. The highest BCUT2D eigenvalue weighted by Crippen LogP contribution is 2.24. The van der Waals surface area contributed by atoms with Crippen LogP contribution in [0.1, 0.15) is 13.8 Å². The summed E-state index contributed by atoms with van der Waals surface area (Å²) in [5, 5.41) is 2.81. The Bertz CT molecular complexity index is 798. The third-order valence-corrected chi connectivity index (χ3v) is 4.89. The number of para-hydroxylation sites is 1. The number of piperazine rings is 1. The van der Waals surface area contributed by atoms with Gasteiger partial charge in [0.25, 0.3) is 0 Å². The first-order valence-electron chi connectivity index (χ1n) is 9.04. The fourth-order valence-corrected chi connectivity index (χ4v) is 3.12. The van der Waals surface area contributed by atoms with E-state index in [0.29, 0.717) is 31.9 Å². The lowest BCUT2D eigenvalue weighted by atomic mass is 9.89.